The summed E-state index contributed by atoms with van der Waals surface area (Å²) in [7, 11) is 0. The number of anilines is 3. The summed E-state index contributed by atoms with van der Waals surface area (Å²) in [6, 6.07) is 6.49. The number of hydrogen-bond acceptors (Lipinski definition) is 7. The fourth-order valence-electron chi connectivity index (χ4n) is 3.86. The normalized spacial score (nSPS) is 19.9. The predicted octanol–water partition coefficient (Wildman–Crippen LogP) is 2.03. The quantitative estimate of drug-likeness (QED) is 0.674. The molecule has 2 aliphatic rings. The Morgan fingerprint density at radius 2 is 1.93 bits per heavy atom. The van der Waals surface area contributed by atoms with Gasteiger partial charge in [0, 0.05) is 38.3 Å². The van der Waals surface area contributed by atoms with E-state index in [1.807, 2.05) is 19.9 Å². The van der Waals surface area contributed by atoms with E-state index in [2.05, 4.69) is 15.1 Å². The van der Waals surface area contributed by atoms with Crippen LogP contribution in [0.4, 0.5) is 21.8 Å². The lowest BCUT2D eigenvalue weighted by atomic mass is 10.1. The number of aromatic nitrogens is 2. The van der Waals surface area contributed by atoms with Crippen molar-refractivity contribution in [3.63, 3.8) is 0 Å². The van der Waals surface area contributed by atoms with Crippen molar-refractivity contribution in [2.24, 2.45) is 5.92 Å². The molecule has 0 aliphatic carbocycles. The molecule has 1 aromatic carbocycles. The molecule has 1 saturated heterocycles. The molecule has 2 atom stereocenters. The predicted molar refractivity (Wildman–Crippen MR) is 117 cm³/mol. The van der Waals surface area contributed by atoms with Gasteiger partial charge in [-0.15, -0.1) is 0 Å². The molecule has 0 radical (unpaired) electrons. The highest BCUT2D eigenvalue weighted by Crippen LogP contribution is 2.33. The third-order valence-corrected chi connectivity index (χ3v) is 7.19. The molecule has 162 valence electrons. The van der Waals surface area contributed by atoms with E-state index in [1.165, 1.54) is 6.07 Å². The van der Waals surface area contributed by atoms with Gasteiger partial charge in [0.2, 0.25) is 10.8 Å². The summed E-state index contributed by atoms with van der Waals surface area (Å²) in [4.78, 5) is 14.4. The fraction of sp³-hybridized carbons (Fsp3) is 0.524. The molecule has 3 heterocycles. The van der Waals surface area contributed by atoms with Crippen LogP contribution in [-0.2, 0) is 17.6 Å². The number of benzene rings is 1. The van der Waals surface area contributed by atoms with Crippen LogP contribution in [0.15, 0.2) is 29.2 Å². The number of aliphatic hydroxyl groups is 1. The lowest BCUT2D eigenvalue weighted by molar-refractivity contribution is 0.248. The zero-order valence-corrected chi connectivity index (χ0v) is 18.2. The summed E-state index contributed by atoms with van der Waals surface area (Å²) < 4.78 is 26.1. The highest BCUT2D eigenvalue weighted by Gasteiger charge is 2.34. The molecular weight excluding hydrogens is 405 g/mol. The van der Waals surface area contributed by atoms with Gasteiger partial charge in [-0.25, -0.2) is 9.37 Å². The topological polar surface area (TPSA) is 87.6 Å². The van der Waals surface area contributed by atoms with Crippen molar-refractivity contribution in [2.75, 3.05) is 53.7 Å². The molecule has 1 aromatic heterocycles. The summed E-state index contributed by atoms with van der Waals surface area (Å²) >= 11 is -1.12. The maximum absolute atomic E-state index is 13.6. The van der Waals surface area contributed by atoms with Crippen LogP contribution in [0, 0.1) is 11.7 Å². The molecular formula is C21H28FN5O2S. The zero-order chi connectivity index (χ0) is 21.3. The number of halogens is 1. The van der Waals surface area contributed by atoms with Crippen LogP contribution in [0.3, 0.4) is 0 Å². The molecule has 0 bridgehead atoms. The highest BCUT2D eigenvalue weighted by molar-refractivity contribution is 7.91. The smallest absolute Gasteiger partial charge is 0.228 e. The number of aryl methyl sites for hydroxylation is 1. The molecule has 2 N–H and O–H groups in total. The first kappa shape index (κ1) is 21.1. The molecule has 30 heavy (non-hydrogen) atoms. The maximum Gasteiger partial charge on any atom is 0.228 e. The van der Waals surface area contributed by atoms with Gasteiger partial charge in [-0.2, -0.15) is 4.98 Å². The third kappa shape index (κ3) is 4.33. The van der Waals surface area contributed by atoms with E-state index in [9.17, 15) is 14.0 Å². The second-order valence-corrected chi connectivity index (χ2v) is 9.59. The van der Waals surface area contributed by atoms with Gasteiger partial charge in [0.1, 0.15) is 17.3 Å². The first-order valence-electron chi connectivity index (χ1n) is 10.4. The van der Waals surface area contributed by atoms with E-state index in [4.69, 9.17) is 9.97 Å². The summed E-state index contributed by atoms with van der Waals surface area (Å²) in [6.45, 7) is 6.94. The van der Waals surface area contributed by atoms with Gasteiger partial charge in [0.15, 0.2) is 5.82 Å². The Balaban J connectivity index is 1.54. The molecule has 9 heteroatoms. The van der Waals surface area contributed by atoms with E-state index in [1.54, 1.807) is 12.1 Å². The van der Waals surface area contributed by atoms with Crippen molar-refractivity contribution in [1.29, 1.82) is 0 Å². The number of rotatable bonds is 6. The summed E-state index contributed by atoms with van der Waals surface area (Å²) in [5, 5.41) is 13.0. The fourth-order valence-corrected chi connectivity index (χ4v) is 5.17. The Morgan fingerprint density at radius 3 is 2.60 bits per heavy atom. The third-order valence-electron chi connectivity index (χ3n) is 5.74. The zero-order valence-electron chi connectivity index (χ0n) is 17.3. The van der Waals surface area contributed by atoms with Crippen LogP contribution in [-0.4, -0.2) is 64.2 Å². The van der Waals surface area contributed by atoms with Crippen molar-refractivity contribution in [3.8, 4) is 0 Å². The lowest BCUT2D eigenvalue weighted by Crippen LogP contribution is -2.47. The number of aliphatic hydroxyl groups excluding tert-OH is 1. The minimum absolute atomic E-state index is 0.0231. The summed E-state index contributed by atoms with van der Waals surface area (Å²) in [5.41, 5.74) is 1.71. The Morgan fingerprint density at radius 1 is 1.20 bits per heavy atom. The first-order chi connectivity index (χ1) is 14.5. The van der Waals surface area contributed by atoms with Gasteiger partial charge >= 0.3 is 0 Å². The van der Waals surface area contributed by atoms with Crippen LogP contribution >= 0.6 is 0 Å². The molecule has 0 saturated carbocycles. The minimum atomic E-state index is -1.12. The first-order valence-corrected chi connectivity index (χ1v) is 11.7. The van der Waals surface area contributed by atoms with Crippen molar-refractivity contribution in [3.05, 3.63) is 35.8 Å². The van der Waals surface area contributed by atoms with Gasteiger partial charge in [0.05, 0.1) is 12.6 Å². The molecule has 0 spiro atoms. The molecule has 7 nitrogen and oxygen atoms in total. The molecule has 2 unspecified atom stereocenters. The van der Waals surface area contributed by atoms with E-state index < -0.39 is 11.2 Å². The van der Waals surface area contributed by atoms with Crippen molar-refractivity contribution >= 4 is 28.6 Å². The summed E-state index contributed by atoms with van der Waals surface area (Å²) in [5.74, 6) is 1.72. The van der Waals surface area contributed by atoms with Gasteiger partial charge in [-0.1, -0.05) is 19.9 Å². The van der Waals surface area contributed by atoms with Gasteiger partial charge in [-0.3, -0.25) is 0 Å². The number of piperazine rings is 1. The molecule has 1 fully saturated rings. The molecule has 0 amide bonds. The van der Waals surface area contributed by atoms with Gasteiger partial charge in [-0.05, 0) is 35.3 Å². The van der Waals surface area contributed by atoms with Crippen LogP contribution in [0.5, 0.6) is 0 Å². The standard InChI is InChI=1S/C21H28FN5O2S/c1-14(2)18(13-28)23-20-19-17(6-11-30(19)29)24-21(25-20)27-9-7-26(8-10-27)16-5-3-4-15(22)12-16/h3-5,12,14,18,28H,6-11,13H2,1-2H3,(H,23,24,25). The van der Waals surface area contributed by atoms with E-state index in [-0.39, 0.29) is 24.4 Å². The lowest BCUT2D eigenvalue weighted by Gasteiger charge is -2.36. The van der Waals surface area contributed by atoms with E-state index in [0.29, 0.717) is 41.9 Å². The van der Waals surface area contributed by atoms with Crippen LogP contribution in [0.1, 0.15) is 19.5 Å². The van der Waals surface area contributed by atoms with E-state index >= 15 is 0 Å². The van der Waals surface area contributed by atoms with Crippen molar-refractivity contribution in [2.45, 2.75) is 31.2 Å². The second-order valence-electron chi connectivity index (χ2n) is 8.08. The summed E-state index contributed by atoms with van der Waals surface area (Å²) in [6.07, 6.45) is 0.668. The Bertz CT molecular complexity index is 892. The van der Waals surface area contributed by atoms with Crippen LogP contribution in [0.2, 0.25) is 0 Å². The van der Waals surface area contributed by atoms with Gasteiger partial charge < -0.3 is 24.8 Å². The van der Waals surface area contributed by atoms with Gasteiger partial charge in [0.25, 0.3) is 0 Å². The Kier molecular flexibility index (Phi) is 6.31. The number of nitrogens with zero attached hydrogens (tertiary/aromatic N) is 4. The molecule has 4 rings (SSSR count). The Hall–Kier alpha value is -2.10. The van der Waals surface area contributed by atoms with Crippen molar-refractivity contribution in [1.82, 2.24) is 9.97 Å². The second kappa shape index (κ2) is 8.95. The molecule has 2 aromatic rings. The number of hydrogen-bond donors (Lipinski definition) is 2. The van der Waals surface area contributed by atoms with Crippen LogP contribution in [0.25, 0.3) is 0 Å². The number of nitrogens with one attached hydrogen (secondary N) is 1. The maximum atomic E-state index is 13.6. The average Bonchev–Trinajstić information content (AvgIpc) is 3.12. The molecule has 2 aliphatic heterocycles. The average molecular weight is 434 g/mol. The highest BCUT2D eigenvalue weighted by atomic mass is 32.2. The van der Waals surface area contributed by atoms with Crippen molar-refractivity contribution < 1.29 is 14.0 Å². The Labute approximate surface area is 179 Å². The number of fused-ring (bicyclic) bond motifs is 1. The SMILES string of the molecule is CC(C)C(CO)Nc1nc(N2CCN(c3cccc(F)c3)CC2)nc2c1[S+]([O-])CC2. The van der Waals surface area contributed by atoms with Crippen LogP contribution < -0.4 is 15.1 Å². The minimum Gasteiger partial charge on any atom is -0.611 e. The van der Waals surface area contributed by atoms with E-state index in [0.717, 1.165) is 24.5 Å². The monoisotopic (exact) mass is 433 g/mol. The largest absolute Gasteiger partial charge is 0.611 e.